The molecule has 0 aliphatic carbocycles. The van der Waals surface area contributed by atoms with Gasteiger partial charge in [-0.15, -0.1) is 11.3 Å². The van der Waals surface area contributed by atoms with Crippen LogP contribution in [0.1, 0.15) is 28.8 Å². The molecule has 0 amide bonds. The van der Waals surface area contributed by atoms with E-state index in [-0.39, 0.29) is 5.78 Å². The van der Waals surface area contributed by atoms with E-state index in [1.807, 2.05) is 16.1 Å². The number of ketones is 1. The van der Waals surface area contributed by atoms with E-state index in [1.165, 1.54) is 11.3 Å². The molecule has 0 atom stereocenters. The van der Waals surface area contributed by atoms with Crippen molar-refractivity contribution in [1.29, 1.82) is 0 Å². The zero-order chi connectivity index (χ0) is 12.3. The van der Waals surface area contributed by atoms with Gasteiger partial charge in [0.15, 0.2) is 5.78 Å². The fourth-order valence-electron chi connectivity index (χ4n) is 1.67. The van der Waals surface area contributed by atoms with E-state index in [0.29, 0.717) is 16.3 Å². The minimum absolute atomic E-state index is 0.0357. The standard InChI is InChI=1S/C12H13ClN2OS/c1-2-5-15-6-4-14-11(15)8-10(16)12-9(13)3-7-17-12/h3-4,6-7H,2,5,8H2,1H3. The molecule has 0 saturated heterocycles. The first-order valence-electron chi connectivity index (χ1n) is 5.48. The van der Waals surface area contributed by atoms with Crippen LogP contribution in [0.3, 0.4) is 0 Å². The van der Waals surface area contributed by atoms with E-state index < -0.39 is 0 Å². The highest BCUT2D eigenvalue weighted by atomic mass is 35.5. The maximum Gasteiger partial charge on any atom is 0.181 e. The third-order valence-corrected chi connectivity index (χ3v) is 3.84. The Kier molecular flexibility index (Phi) is 3.97. The number of Topliss-reactive ketones (excluding diaryl/α,β-unsaturated/α-hetero) is 1. The number of rotatable bonds is 5. The van der Waals surface area contributed by atoms with Gasteiger partial charge in [-0.3, -0.25) is 4.79 Å². The molecular formula is C12H13ClN2OS. The fourth-order valence-corrected chi connectivity index (χ4v) is 2.77. The van der Waals surface area contributed by atoms with Gasteiger partial charge in [0, 0.05) is 18.9 Å². The molecule has 0 radical (unpaired) electrons. The zero-order valence-corrected chi connectivity index (χ0v) is 11.1. The summed E-state index contributed by atoms with van der Waals surface area (Å²) in [7, 11) is 0. The molecule has 90 valence electrons. The average molecular weight is 269 g/mol. The summed E-state index contributed by atoms with van der Waals surface area (Å²) in [6.07, 6.45) is 4.97. The Morgan fingerprint density at radius 2 is 2.41 bits per heavy atom. The Balaban J connectivity index is 2.13. The summed E-state index contributed by atoms with van der Waals surface area (Å²) in [6, 6.07) is 1.75. The molecule has 2 rings (SSSR count). The molecule has 0 unspecified atom stereocenters. The average Bonchev–Trinajstić information content (AvgIpc) is 2.89. The highest BCUT2D eigenvalue weighted by molar-refractivity contribution is 7.12. The summed E-state index contributed by atoms with van der Waals surface area (Å²) in [5.74, 6) is 0.842. The smallest absolute Gasteiger partial charge is 0.181 e. The number of hydrogen-bond donors (Lipinski definition) is 0. The fraction of sp³-hybridized carbons (Fsp3) is 0.333. The number of carbonyl (C=O) groups is 1. The van der Waals surface area contributed by atoms with E-state index >= 15 is 0 Å². The van der Waals surface area contributed by atoms with Crippen LogP contribution in [0.5, 0.6) is 0 Å². The van der Waals surface area contributed by atoms with Crippen molar-refractivity contribution in [2.75, 3.05) is 0 Å². The Morgan fingerprint density at radius 3 is 3.06 bits per heavy atom. The minimum atomic E-state index is 0.0357. The molecule has 0 aromatic carbocycles. The van der Waals surface area contributed by atoms with Crippen LogP contribution in [0.2, 0.25) is 5.02 Å². The van der Waals surface area contributed by atoms with Crippen LogP contribution in [0.25, 0.3) is 0 Å². The molecule has 0 spiro atoms. The second kappa shape index (κ2) is 5.47. The minimum Gasteiger partial charge on any atom is -0.335 e. The van der Waals surface area contributed by atoms with Gasteiger partial charge in [0.1, 0.15) is 5.82 Å². The maximum absolute atomic E-state index is 12.0. The number of hydrogen-bond acceptors (Lipinski definition) is 3. The van der Waals surface area contributed by atoms with E-state index in [4.69, 9.17) is 11.6 Å². The Morgan fingerprint density at radius 1 is 1.59 bits per heavy atom. The largest absolute Gasteiger partial charge is 0.335 e. The molecule has 0 fully saturated rings. The lowest BCUT2D eigenvalue weighted by molar-refractivity contribution is 0.0993. The Labute approximate surface area is 109 Å². The number of halogens is 1. The van der Waals surface area contributed by atoms with E-state index in [9.17, 15) is 4.79 Å². The topological polar surface area (TPSA) is 34.9 Å². The van der Waals surface area contributed by atoms with Gasteiger partial charge in [0.25, 0.3) is 0 Å². The predicted molar refractivity (Wildman–Crippen MR) is 69.9 cm³/mol. The first kappa shape index (κ1) is 12.3. The number of imidazole rings is 1. The second-order valence-corrected chi connectivity index (χ2v) is 5.06. The monoisotopic (exact) mass is 268 g/mol. The molecule has 0 saturated carbocycles. The second-order valence-electron chi connectivity index (χ2n) is 3.73. The lowest BCUT2D eigenvalue weighted by Crippen LogP contribution is -2.09. The van der Waals surface area contributed by atoms with E-state index in [0.717, 1.165) is 18.8 Å². The molecule has 17 heavy (non-hydrogen) atoms. The normalized spacial score (nSPS) is 10.7. The molecule has 0 N–H and O–H groups in total. The van der Waals surface area contributed by atoms with Crippen molar-refractivity contribution in [2.24, 2.45) is 0 Å². The van der Waals surface area contributed by atoms with Crippen molar-refractivity contribution in [1.82, 2.24) is 9.55 Å². The van der Waals surface area contributed by atoms with E-state index in [1.54, 1.807) is 12.3 Å². The van der Waals surface area contributed by atoms with Crippen LogP contribution in [0.15, 0.2) is 23.8 Å². The van der Waals surface area contributed by atoms with Crippen molar-refractivity contribution < 1.29 is 4.79 Å². The van der Waals surface area contributed by atoms with Crippen molar-refractivity contribution in [3.05, 3.63) is 39.6 Å². The number of nitrogens with zero attached hydrogens (tertiary/aromatic N) is 2. The maximum atomic E-state index is 12.0. The lowest BCUT2D eigenvalue weighted by atomic mass is 10.2. The molecule has 2 aromatic rings. The van der Waals surface area contributed by atoms with Crippen LogP contribution in [0, 0.1) is 0 Å². The van der Waals surface area contributed by atoms with Crippen LogP contribution in [0.4, 0.5) is 0 Å². The first-order chi connectivity index (χ1) is 8.22. The highest BCUT2D eigenvalue weighted by Gasteiger charge is 2.15. The highest BCUT2D eigenvalue weighted by Crippen LogP contribution is 2.23. The summed E-state index contributed by atoms with van der Waals surface area (Å²) in [5, 5.41) is 2.36. The van der Waals surface area contributed by atoms with Crippen LogP contribution in [-0.4, -0.2) is 15.3 Å². The number of aryl methyl sites for hydroxylation is 1. The molecule has 0 bridgehead atoms. The summed E-state index contributed by atoms with van der Waals surface area (Å²) >= 11 is 7.32. The van der Waals surface area contributed by atoms with Gasteiger partial charge in [-0.05, 0) is 17.9 Å². The van der Waals surface area contributed by atoms with Gasteiger partial charge in [-0.1, -0.05) is 18.5 Å². The summed E-state index contributed by atoms with van der Waals surface area (Å²) in [4.78, 5) is 16.9. The first-order valence-corrected chi connectivity index (χ1v) is 6.74. The van der Waals surface area contributed by atoms with Crippen LogP contribution in [-0.2, 0) is 13.0 Å². The zero-order valence-electron chi connectivity index (χ0n) is 9.52. The quantitative estimate of drug-likeness (QED) is 0.779. The third-order valence-electron chi connectivity index (χ3n) is 2.46. The van der Waals surface area contributed by atoms with Crippen molar-refractivity contribution in [2.45, 2.75) is 26.3 Å². The van der Waals surface area contributed by atoms with Crippen molar-refractivity contribution in [3.63, 3.8) is 0 Å². The SMILES string of the molecule is CCCn1ccnc1CC(=O)c1sccc1Cl. The summed E-state index contributed by atoms with van der Waals surface area (Å²) in [6.45, 7) is 2.99. The summed E-state index contributed by atoms with van der Waals surface area (Å²) in [5.41, 5.74) is 0. The Hall–Kier alpha value is -1.13. The van der Waals surface area contributed by atoms with Gasteiger partial charge in [0.05, 0.1) is 16.3 Å². The molecule has 3 nitrogen and oxygen atoms in total. The van der Waals surface area contributed by atoms with Crippen LogP contribution >= 0.6 is 22.9 Å². The van der Waals surface area contributed by atoms with E-state index in [2.05, 4.69) is 11.9 Å². The third kappa shape index (κ3) is 2.76. The molecule has 2 heterocycles. The molecule has 0 aliphatic rings. The molecule has 0 aliphatic heterocycles. The van der Waals surface area contributed by atoms with Gasteiger partial charge >= 0.3 is 0 Å². The van der Waals surface area contributed by atoms with Gasteiger partial charge in [-0.25, -0.2) is 4.98 Å². The number of carbonyl (C=O) groups excluding carboxylic acids is 1. The van der Waals surface area contributed by atoms with Crippen LogP contribution < -0.4 is 0 Å². The molecule has 2 aromatic heterocycles. The number of thiophene rings is 1. The summed E-state index contributed by atoms with van der Waals surface area (Å²) < 4.78 is 2.01. The van der Waals surface area contributed by atoms with Gasteiger partial charge in [-0.2, -0.15) is 0 Å². The van der Waals surface area contributed by atoms with Gasteiger partial charge in [0.2, 0.25) is 0 Å². The Bertz CT molecular complexity index is 518. The number of aromatic nitrogens is 2. The van der Waals surface area contributed by atoms with Crippen molar-refractivity contribution in [3.8, 4) is 0 Å². The predicted octanol–water partition coefficient (Wildman–Crippen LogP) is 3.43. The van der Waals surface area contributed by atoms with Crippen molar-refractivity contribution >= 4 is 28.7 Å². The molecule has 5 heteroatoms. The molecular weight excluding hydrogens is 256 g/mol. The van der Waals surface area contributed by atoms with Gasteiger partial charge < -0.3 is 4.57 Å². The lowest BCUT2D eigenvalue weighted by Gasteiger charge is -2.04.